The minimum absolute atomic E-state index is 0.180. The van der Waals surface area contributed by atoms with Gasteiger partial charge in [0.05, 0.1) is 4.47 Å². The molecule has 0 aliphatic heterocycles. The molecular formula is C9H9BrF2. The average molecular weight is 235 g/mol. The van der Waals surface area contributed by atoms with Gasteiger partial charge in [0.1, 0.15) is 11.6 Å². The van der Waals surface area contributed by atoms with Crippen LogP contribution in [0.25, 0.3) is 0 Å². The molecule has 0 heterocycles. The Balaban J connectivity index is 3.05. The van der Waals surface area contributed by atoms with Crippen LogP contribution in [-0.4, -0.2) is 0 Å². The van der Waals surface area contributed by atoms with Gasteiger partial charge in [-0.1, -0.05) is 13.3 Å². The van der Waals surface area contributed by atoms with Gasteiger partial charge >= 0.3 is 0 Å². The Morgan fingerprint density at radius 2 is 1.92 bits per heavy atom. The molecule has 66 valence electrons. The lowest BCUT2D eigenvalue weighted by atomic mass is 10.1. The van der Waals surface area contributed by atoms with Gasteiger partial charge in [0.25, 0.3) is 0 Å². The molecule has 0 bridgehead atoms. The quantitative estimate of drug-likeness (QED) is 0.686. The number of aryl methyl sites for hydroxylation is 1. The lowest BCUT2D eigenvalue weighted by molar-refractivity contribution is 0.578. The number of benzene rings is 1. The molecule has 0 aliphatic rings. The average Bonchev–Trinajstić information content (AvgIpc) is 2.01. The van der Waals surface area contributed by atoms with Gasteiger partial charge in [-0.25, -0.2) is 8.78 Å². The summed E-state index contributed by atoms with van der Waals surface area (Å²) in [6.07, 6.45) is 1.40. The zero-order chi connectivity index (χ0) is 9.14. The summed E-state index contributed by atoms with van der Waals surface area (Å²) < 4.78 is 26.1. The monoisotopic (exact) mass is 234 g/mol. The fraction of sp³-hybridized carbons (Fsp3) is 0.333. The summed E-state index contributed by atoms with van der Waals surface area (Å²) >= 11 is 2.92. The van der Waals surface area contributed by atoms with Crippen molar-refractivity contribution in [1.82, 2.24) is 0 Å². The molecular weight excluding hydrogens is 226 g/mol. The highest BCUT2D eigenvalue weighted by molar-refractivity contribution is 9.10. The van der Waals surface area contributed by atoms with Gasteiger partial charge in [0.2, 0.25) is 0 Å². The summed E-state index contributed by atoms with van der Waals surface area (Å²) in [4.78, 5) is 0. The number of rotatable bonds is 2. The Labute approximate surface area is 78.7 Å². The minimum Gasteiger partial charge on any atom is -0.207 e. The van der Waals surface area contributed by atoms with Crippen molar-refractivity contribution in [1.29, 1.82) is 0 Å². The van der Waals surface area contributed by atoms with Gasteiger partial charge in [0, 0.05) is 0 Å². The molecule has 0 N–H and O–H groups in total. The Kier molecular flexibility index (Phi) is 3.20. The third-order valence-corrected chi connectivity index (χ3v) is 2.22. The molecule has 0 fully saturated rings. The largest absolute Gasteiger partial charge is 0.207 e. The van der Waals surface area contributed by atoms with Crippen molar-refractivity contribution >= 4 is 15.9 Å². The molecule has 12 heavy (non-hydrogen) atoms. The maximum Gasteiger partial charge on any atom is 0.137 e. The Bertz CT molecular complexity index is 284. The van der Waals surface area contributed by atoms with Crippen LogP contribution in [0.5, 0.6) is 0 Å². The predicted molar refractivity (Wildman–Crippen MR) is 48.1 cm³/mol. The Morgan fingerprint density at radius 1 is 1.25 bits per heavy atom. The summed E-state index contributed by atoms with van der Waals surface area (Å²) in [5.74, 6) is -0.745. The molecule has 0 nitrogen and oxygen atoms in total. The van der Waals surface area contributed by atoms with E-state index in [-0.39, 0.29) is 10.3 Å². The number of hydrogen-bond acceptors (Lipinski definition) is 0. The molecule has 0 saturated heterocycles. The topological polar surface area (TPSA) is 0 Å². The van der Waals surface area contributed by atoms with Crippen LogP contribution in [0.2, 0.25) is 0 Å². The summed E-state index contributed by atoms with van der Waals surface area (Å²) in [7, 11) is 0. The SMILES string of the molecule is CCCc1cc(F)c(Br)cc1F. The second-order valence-electron chi connectivity index (χ2n) is 2.61. The van der Waals surface area contributed by atoms with Crippen molar-refractivity contribution in [2.45, 2.75) is 19.8 Å². The number of hydrogen-bond donors (Lipinski definition) is 0. The van der Waals surface area contributed by atoms with Gasteiger partial charge in [-0.3, -0.25) is 0 Å². The lowest BCUT2D eigenvalue weighted by Crippen LogP contribution is -1.92. The fourth-order valence-electron chi connectivity index (χ4n) is 1.02. The van der Waals surface area contributed by atoms with E-state index in [1.165, 1.54) is 12.1 Å². The molecule has 0 unspecified atom stereocenters. The van der Waals surface area contributed by atoms with Crippen molar-refractivity contribution in [3.8, 4) is 0 Å². The van der Waals surface area contributed by atoms with E-state index >= 15 is 0 Å². The molecule has 0 amide bonds. The van der Waals surface area contributed by atoms with Crippen LogP contribution in [0.15, 0.2) is 16.6 Å². The first-order chi connectivity index (χ1) is 5.65. The minimum atomic E-state index is -0.403. The first kappa shape index (κ1) is 9.65. The first-order valence-corrected chi connectivity index (χ1v) is 4.58. The summed E-state index contributed by atoms with van der Waals surface area (Å²) in [6.45, 7) is 1.93. The van der Waals surface area contributed by atoms with Crippen LogP contribution in [0.4, 0.5) is 8.78 Å². The smallest absolute Gasteiger partial charge is 0.137 e. The van der Waals surface area contributed by atoms with E-state index < -0.39 is 5.82 Å². The maximum atomic E-state index is 13.0. The van der Waals surface area contributed by atoms with E-state index in [1.807, 2.05) is 6.92 Å². The van der Waals surface area contributed by atoms with Crippen LogP contribution >= 0.6 is 15.9 Å². The van der Waals surface area contributed by atoms with Gasteiger partial charge in [-0.2, -0.15) is 0 Å². The van der Waals surface area contributed by atoms with Gasteiger partial charge in [-0.15, -0.1) is 0 Å². The zero-order valence-corrected chi connectivity index (χ0v) is 8.29. The molecule has 0 atom stereocenters. The van der Waals surface area contributed by atoms with Crippen molar-refractivity contribution in [2.24, 2.45) is 0 Å². The molecule has 1 aromatic rings. The molecule has 3 heteroatoms. The van der Waals surface area contributed by atoms with Crippen LogP contribution in [-0.2, 0) is 6.42 Å². The van der Waals surface area contributed by atoms with Gasteiger partial charge in [-0.05, 0) is 40.0 Å². The van der Waals surface area contributed by atoms with E-state index in [1.54, 1.807) is 0 Å². The van der Waals surface area contributed by atoms with Crippen LogP contribution in [0.3, 0.4) is 0 Å². The normalized spacial score (nSPS) is 10.3. The Hall–Kier alpha value is -0.440. The van der Waals surface area contributed by atoms with Crippen LogP contribution in [0.1, 0.15) is 18.9 Å². The molecule has 0 aliphatic carbocycles. The summed E-state index contributed by atoms with van der Waals surface area (Å²) in [6, 6.07) is 2.41. The standard InChI is InChI=1S/C9H9BrF2/c1-2-3-6-4-9(12)7(10)5-8(6)11/h4-5H,2-3H2,1H3. The zero-order valence-electron chi connectivity index (χ0n) is 6.70. The van der Waals surface area contributed by atoms with Crippen LogP contribution < -0.4 is 0 Å². The highest BCUT2D eigenvalue weighted by Gasteiger charge is 2.06. The highest BCUT2D eigenvalue weighted by atomic mass is 79.9. The lowest BCUT2D eigenvalue weighted by Gasteiger charge is -2.02. The van der Waals surface area contributed by atoms with Crippen molar-refractivity contribution in [2.75, 3.05) is 0 Å². The van der Waals surface area contributed by atoms with E-state index in [9.17, 15) is 8.78 Å². The van der Waals surface area contributed by atoms with Crippen molar-refractivity contribution < 1.29 is 8.78 Å². The predicted octanol–water partition coefficient (Wildman–Crippen LogP) is 3.68. The first-order valence-electron chi connectivity index (χ1n) is 3.78. The van der Waals surface area contributed by atoms with Gasteiger partial charge < -0.3 is 0 Å². The number of halogens is 3. The fourth-order valence-corrected chi connectivity index (χ4v) is 1.34. The Morgan fingerprint density at radius 3 is 2.50 bits per heavy atom. The molecule has 0 radical (unpaired) electrons. The van der Waals surface area contributed by atoms with Crippen molar-refractivity contribution in [3.05, 3.63) is 33.8 Å². The van der Waals surface area contributed by atoms with E-state index in [0.717, 1.165) is 6.42 Å². The summed E-state index contributed by atoms with van der Waals surface area (Å²) in [5.41, 5.74) is 0.443. The third-order valence-electron chi connectivity index (χ3n) is 1.61. The third kappa shape index (κ3) is 2.03. The molecule has 1 aromatic carbocycles. The van der Waals surface area contributed by atoms with Gasteiger partial charge in [0.15, 0.2) is 0 Å². The molecule has 0 spiro atoms. The second-order valence-corrected chi connectivity index (χ2v) is 3.46. The molecule has 0 saturated carbocycles. The van der Waals surface area contributed by atoms with Crippen molar-refractivity contribution in [3.63, 3.8) is 0 Å². The van der Waals surface area contributed by atoms with E-state index in [4.69, 9.17) is 0 Å². The van der Waals surface area contributed by atoms with E-state index in [0.29, 0.717) is 12.0 Å². The highest BCUT2D eigenvalue weighted by Crippen LogP contribution is 2.20. The molecule has 1 rings (SSSR count). The van der Waals surface area contributed by atoms with E-state index in [2.05, 4.69) is 15.9 Å². The second kappa shape index (κ2) is 3.99. The summed E-state index contributed by atoms with van der Waals surface area (Å²) in [5, 5.41) is 0. The molecule has 0 aromatic heterocycles. The van der Waals surface area contributed by atoms with Crippen LogP contribution in [0, 0.1) is 11.6 Å². The maximum absolute atomic E-state index is 13.0.